The second kappa shape index (κ2) is 9.59. The molecule has 0 spiro atoms. The van der Waals surface area contributed by atoms with Crippen LogP contribution in [0.15, 0.2) is 47.6 Å². The minimum atomic E-state index is -0.459. The van der Waals surface area contributed by atoms with Crippen LogP contribution in [0.2, 0.25) is 5.02 Å². The van der Waals surface area contributed by atoms with Gasteiger partial charge in [0.2, 0.25) is 5.91 Å². The van der Waals surface area contributed by atoms with Crippen LogP contribution in [-0.4, -0.2) is 45.4 Å². The Labute approximate surface area is 184 Å². The average molecular weight is 448 g/mol. The highest BCUT2D eigenvalue weighted by molar-refractivity contribution is 7.99. The molecule has 3 rings (SSSR count). The predicted molar refractivity (Wildman–Crippen MR) is 119 cm³/mol. The number of carbonyl (C=O) groups excluding carboxylic acids is 1. The zero-order valence-corrected chi connectivity index (χ0v) is 18.8. The standard InChI is InChI=1S/C21H23ClFN5OS/c1-13-5-10-18(17(23)11-13)24-19(29)12-30-21-26-25-20(14(2)27(3)4)28(21)16-8-6-15(22)7-9-16/h5-11,14H,12H2,1-4H3,(H,24,29)/t14-/m1/s1. The lowest BCUT2D eigenvalue weighted by Crippen LogP contribution is -2.21. The highest BCUT2D eigenvalue weighted by Crippen LogP contribution is 2.27. The van der Waals surface area contributed by atoms with Gasteiger partial charge in [-0.3, -0.25) is 14.3 Å². The van der Waals surface area contributed by atoms with E-state index in [1.807, 2.05) is 42.6 Å². The van der Waals surface area contributed by atoms with E-state index in [2.05, 4.69) is 15.5 Å². The molecule has 0 aliphatic carbocycles. The van der Waals surface area contributed by atoms with Crippen LogP contribution in [0.1, 0.15) is 24.4 Å². The molecule has 0 aliphatic heterocycles. The molecular weight excluding hydrogens is 425 g/mol. The molecule has 1 N–H and O–H groups in total. The van der Waals surface area contributed by atoms with Crippen molar-refractivity contribution >= 4 is 35.0 Å². The molecule has 0 unspecified atom stereocenters. The van der Waals surface area contributed by atoms with Gasteiger partial charge in [0.15, 0.2) is 11.0 Å². The molecule has 1 amide bonds. The highest BCUT2D eigenvalue weighted by Gasteiger charge is 2.21. The summed E-state index contributed by atoms with van der Waals surface area (Å²) in [6, 6.07) is 12.0. The second-order valence-corrected chi connectivity index (χ2v) is 8.49. The lowest BCUT2D eigenvalue weighted by Gasteiger charge is -2.20. The van der Waals surface area contributed by atoms with Gasteiger partial charge in [0.25, 0.3) is 0 Å². The first kappa shape index (κ1) is 22.3. The van der Waals surface area contributed by atoms with Gasteiger partial charge in [-0.25, -0.2) is 4.39 Å². The van der Waals surface area contributed by atoms with Gasteiger partial charge in [0.05, 0.1) is 17.5 Å². The first-order valence-corrected chi connectivity index (χ1v) is 10.7. The quantitative estimate of drug-likeness (QED) is 0.531. The van der Waals surface area contributed by atoms with Crippen molar-refractivity contribution in [1.82, 2.24) is 19.7 Å². The van der Waals surface area contributed by atoms with E-state index in [9.17, 15) is 9.18 Å². The van der Waals surface area contributed by atoms with E-state index in [-0.39, 0.29) is 23.4 Å². The summed E-state index contributed by atoms with van der Waals surface area (Å²) in [7, 11) is 3.92. The summed E-state index contributed by atoms with van der Waals surface area (Å²) in [6.45, 7) is 3.82. The van der Waals surface area contributed by atoms with Crippen molar-refractivity contribution in [3.05, 3.63) is 64.7 Å². The Morgan fingerprint density at radius 3 is 2.57 bits per heavy atom. The largest absolute Gasteiger partial charge is 0.323 e. The fraction of sp³-hybridized carbons (Fsp3) is 0.286. The average Bonchev–Trinajstić information content (AvgIpc) is 3.12. The summed E-state index contributed by atoms with van der Waals surface area (Å²) in [5.41, 5.74) is 1.80. The van der Waals surface area contributed by atoms with E-state index >= 15 is 0 Å². The van der Waals surface area contributed by atoms with Crippen molar-refractivity contribution in [2.75, 3.05) is 25.2 Å². The van der Waals surface area contributed by atoms with Crippen LogP contribution in [0.5, 0.6) is 0 Å². The van der Waals surface area contributed by atoms with Crippen LogP contribution in [0.3, 0.4) is 0 Å². The van der Waals surface area contributed by atoms with E-state index in [1.165, 1.54) is 17.8 Å². The third-order valence-corrected chi connectivity index (χ3v) is 5.80. The molecule has 6 nitrogen and oxygen atoms in total. The monoisotopic (exact) mass is 447 g/mol. The summed E-state index contributed by atoms with van der Waals surface area (Å²) < 4.78 is 15.9. The summed E-state index contributed by atoms with van der Waals surface area (Å²) in [4.78, 5) is 14.4. The molecule has 3 aromatic rings. The maximum absolute atomic E-state index is 14.0. The smallest absolute Gasteiger partial charge is 0.234 e. The lowest BCUT2D eigenvalue weighted by atomic mass is 10.2. The van der Waals surface area contributed by atoms with E-state index < -0.39 is 5.82 Å². The molecule has 0 saturated carbocycles. The number of anilines is 1. The van der Waals surface area contributed by atoms with Gasteiger partial charge in [-0.1, -0.05) is 29.4 Å². The van der Waals surface area contributed by atoms with Crippen LogP contribution in [-0.2, 0) is 4.79 Å². The molecule has 1 heterocycles. The minimum absolute atomic E-state index is 0.00184. The molecule has 30 heavy (non-hydrogen) atoms. The van der Waals surface area contributed by atoms with Gasteiger partial charge in [0, 0.05) is 10.7 Å². The molecule has 158 valence electrons. The van der Waals surface area contributed by atoms with Crippen molar-refractivity contribution in [1.29, 1.82) is 0 Å². The third kappa shape index (κ3) is 5.19. The van der Waals surface area contributed by atoms with Crippen molar-refractivity contribution in [3.63, 3.8) is 0 Å². The Balaban J connectivity index is 1.81. The van der Waals surface area contributed by atoms with Gasteiger partial charge >= 0.3 is 0 Å². The van der Waals surface area contributed by atoms with E-state index in [0.717, 1.165) is 17.1 Å². The van der Waals surface area contributed by atoms with Crippen LogP contribution < -0.4 is 5.32 Å². The number of nitrogens with one attached hydrogen (secondary N) is 1. The maximum Gasteiger partial charge on any atom is 0.234 e. The molecule has 0 aliphatic rings. The highest BCUT2D eigenvalue weighted by atomic mass is 35.5. The zero-order valence-electron chi connectivity index (χ0n) is 17.2. The lowest BCUT2D eigenvalue weighted by molar-refractivity contribution is -0.113. The van der Waals surface area contributed by atoms with Gasteiger partial charge in [-0.2, -0.15) is 0 Å². The molecule has 1 aromatic heterocycles. The van der Waals surface area contributed by atoms with Crippen molar-refractivity contribution in [2.24, 2.45) is 0 Å². The molecule has 9 heteroatoms. The Morgan fingerprint density at radius 1 is 1.23 bits per heavy atom. The van der Waals surface area contributed by atoms with E-state index in [4.69, 9.17) is 11.6 Å². The van der Waals surface area contributed by atoms with Crippen LogP contribution in [0.4, 0.5) is 10.1 Å². The number of rotatable bonds is 7. The van der Waals surface area contributed by atoms with Gasteiger partial charge in [0.1, 0.15) is 5.82 Å². The van der Waals surface area contributed by atoms with Crippen molar-refractivity contribution in [2.45, 2.75) is 25.0 Å². The zero-order chi connectivity index (χ0) is 21.8. The van der Waals surface area contributed by atoms with E-state index in [1.54, 1.807) is 31.2 Å². The summed E-state index contributed by atoms with van der Waals surface area (Å²) >= 11 is 7.27. The van der Waals surface area contributed by atoms with Gasteiger partial charge in [-0.05, 0) is 69.9 Å². The van der Waals surface area contributed by atoms with Crippen LogP contribution in [0, 0.1) is 12.7 Å². The number of hydrogen-bond acceptors (Lipinski definition) is 5. The summed E-state index contributed by atoms with van der Waals surface area (Å²) in [5, 5.41) is 12.4. The number of aromatic nitrogens is 3. The number of aryl methyl sites for hydroxylation is 1. The van der Waals surface area contributed by atoms with Gasteiger partial charge < -0.3 is 5.32 Å². The predicted octanol–water partition coefficient (Wildman–Crippen LogP) is 4.72. The number of halogens is 2. The Kier molecular flexibility index (Phi) is 7.12. The number of thioether (sulfide) groups is 1. The molecule has 0 bridgehead atoms. The molecule has 1 atom stereocenters. The van der Waals surface area contributed by atoms with Crippen molar-refractivity contribution < 1.29 is 9.18 Å². The first-order chi connectivity index (χ1) is 14.3. The van der Waals surface area contributed by atoms with Crippen LogP contribution in [0.25, 0.3) is 5.69 Å². The van der Waals surface area contributed by atoms with Crippen LogP contribution >= 0.6 is 23.4 Å². The Bertz CT molecular complexity index is 1040. The first-order valence-electron chi connectivity index (χ1n) is 9.32. The number of carbonyl (C=O) groups is 1. The number of benzene rings is 2. The number of nitrogens with zero attached hydrogens (tertiary/aromatic N) is 4. The molecular formula is C21H23ClFN5OS. The number of hydrogen-bond donors (Lipinski definition) is 1. The Hall–Kier alpha value is -2.42. The maximum atomic E-state index is 14.0. The van der Waals surface area contributed by atoms with E-state index in [0.29, 0.717) is 10.2 Å². The summed E-state index contributed by atoms with van der Waals surface area (Å²) in [6.07, 6.45) is 0. The van der Waals surface area contributed by atoms with Crippen molar-refractivity contribution in [3.8, 4) is 5.69 Å². The Morgan fingerprint density at radius 2 is 1.93 bits per heavy atom. The molecule has 2 aromatic carbocycles. The van der Waals surface area contributed by atoms with Gasteiger partial charge in [-0.15, -0.1) is 10.2 Å². The normalized spacial score (nSPS) is 12.2. The molecule has 0 saturated heterocycles. The SMILES string of the molecule is Cc1ccc(NC(=O)CSc2nnc([C@@H](C)N(C)C)n2-c2ccc(Cl)cc2)c(F)c1. The minimum Gasteiger partial charge on any atom is -0.323 e. The fourth-order valence-electron chi connectivity index (χ4n) is 2.75. The third-order valence-electron chi connectivity index (χ3n) is 4.62. The molecule has 0 radical (unpaired) electrons. The fourth-order valence-corrected chi connectivity index (χ4v) is 3.63. The topological polar surface area (TPSA) is 63.1 Å². The molecule has 0 fully saturated rings. The second-order valence-electron chi connectivity index (χ2n) is 7.11. The summed E-state index contributed by atoms with van der Waals surface area (Å²) in [5.74, 6) is 0.0280. The number of amides is 1.